The third kappa shape index (κ3) is 1.22. The number of carbonyl (C=O) groups is 1. The smallest absolute Gasteiger partial charge is 0.263 e. The minimum atomic E-state index is 0.0545. The molecule has 0 radical (unpaired) electrons. The van der Waals surface area contributed by atoms with Crippen LogP contribution >= 0.6 is 0 Å². The second-order valence-corrected chi connectivity index (χ2v) is 5.04. The molecule has 0 saturated heterocycles. The first-order valence-electron chi connectivity index (χ1n) is 6.55. The average molecular weight is 263 g/mol. The minimum Gasteiger partial charge on any atom is -0.497 e. The monoisotopic (exact) mass is 263 g/mol. The fourth-order valence-electron chi connectivity index (χ4n) is 3.08. The first kappa shape index (κ1) is 11.3. The van der Waals surface area contributed by atoms with Crippen LogP contribution in [0.1, 0.15) is 15.9 Å². The van der Waals surface area contributed by atoms with Gasteiger partial charge in [-0.1, -0.05) is 18.2 Å². The van der Waals surface area contributed by atoms with Crippen LogP contribution in [0.2, 0.25) is 0 Å². The van der Waals surface area contributed by atoms with Gasteiger partial charge in [0.05, 0.1) is 18.3 Å². The first-order chi connectivity index (χ1) is 9.72. The molecule has 0 spiro atoms. The van der Waals surface area contributed by atoms with E-state index in [1.54, 1.807) is 7.11 Å². The van der Waals surface area contributed by atoms with Crippen LogP contribution in [0.4, 0.5) is 0 Å². The molecule has 3 heteroatoms. The third-order valence-corrected chi connectivity index (χ3v) is 4.04. The van der Waals surface area contributed by atoms with E-state index in [4.69, 9.17) is 4.74 Å². The summed E-state index contributed by atoms with van der Waals surface area (Å²) in [4.78, 5) is 12.6. The molecule has 20 heavy (non-hydrogen) atoms. The Morgan fingerprint density at radius 1 is 1.05 bits per heavy atom. The summed E-state index contributed by atoms with van der Waals surface area (Å²) in [5, 5.41) is 1.07. The van der Waals surface area contributed by atoms with Crippen LogP contribution in [0.25, 0.3) is 22.2 Å². The summed E-state index contributed by atoms with van der Waals surface area (Å²) in [6.45, 7) is 2.06. The molecule has 2 heterocycles. The number of methoxy groups -OCH3 is 1. The molecule has 0 unspecified atom stereocenters. The molecule has 4 rings (SSSR count). The molecule has 98 valence electrons. The molecular weight excluding hydrogens is 250 g/mol. The van der Waals surface area contributed by atoms with Crippen molar-refractivity contribution in [2.45, 2.75) is 6.92 Å². The van der Waals surface area contributed by atoms with Gasteiger partial charge in [-0.05, 0) is 36.8 Å². The van der Waals surface area contributed by atoms with Crippen molar-refractivity contribution < 1.29 is 9.53 Å². The Labute approximate surface area is 116 Å². The maximum atomic E-state index is 12.6. The number of nitrogens with zero attached hydrogens (tertiary/aromatic N) is 1. The predicted octanol–water partition coefficient (Wildman–Crippen LogP) is 3.63. The van der Waals surface area contributed by atoms with Gasteiger partial charge in [-0.2, -0.15) is 0 Å². The lowest BCUT2D eigenvalue weighted by Crippen LogP contribution is -2.05. The summed E-state index contributed by atoms with van der Waals surface area (Å²) in [5.41, 5.74) is 4.87. The predicted molar refractivity (Wildman–Crippen MR) is 78.4 cm³/mol. The molecule has 0 N–H and O–H groups in total. The lowest BCUT2D eigenvalue weighted by atomic mass is 10.0. The SMILES string of the molecule is COc1ccc2c(c1)c(C)c1n2C(=O)c2ccccc2-1. The number of carbonyl (C=O) groups excluding carboxylic acids is 1. The molecule has 0 amide bonds. The van der Waals surface area contributed by atoms with Crippen LogP contribution in [-0.4, -0.2) is 17.6 Å². The molecule has 1 aliphatic heterocycles. The fraction of sp³-hybridized carbons (Fsp3) is 0.118. The summed E-state index contributed by atoms with van der Waals surface area (Å²) in [5.74, 6) is 0.865. The Morgan fingerprint density at radius 2 is 1.80 bits per heavy atom. The van der Waals surface area contributed by atoms with Crippen molar-refractivity contribution in [3.05, 3.63) is 53.6 Å². The lowest BCUT2D eigenvalue weighted by Gasteiger charge is -2.02. The number of hydrogen-bond acceptors (Lipinski definition) is 2. The van der Waals surface area contributed by atoms with Crippen molar-refractivity contribution in [2.24, 2.45) is 0 Å². The maximum Gasteiger partial charge on any atom is 0.263 e. The fourth-order valence-corrected chi connectivity index (χ4v) is 3.08. The van der Waals surface area contributed by atoms with Crippen LogP contribution in [-0.2, 0) is 0 Å². The van der Waals surface area contributed by atoms with E-state index in [0.29, 0.717) is 0 Å². The minimum absolute atomic E-state index is 0.0545. The number of fused-ring (bicyclic) bond motifs is 5. The first-order valence-corrected chi connectivity index (χ1v) is 6.55. The molecule has 1 aromatic heterocycles. The topological polar surface area (TPSA) is 31.2 Å². The van der Waals surface area contributed by atoms with Crippen molar-refractivity contribution in [1.29, 1.82) is 0 Å². The van der Waals surface area contributed by atoms with Gasteiger partial charge in [0.2, 0.25) is 0 Å². The van der Waals surface area contributed by atoms with E-state index < -0.39 is 0 Å². The zero-order chi connectivity index (χ0) is 13.9. The molecule has 2 aromatic carbocycles. The molecule has 0 saturated carbocycles. The van der Waals surface area contributed by atoms with E-state index in [1.807, 2.05) is 47.0 Å². The molecule has 3 nitrogen and oxygen atoms in total. The van der Waals surface area contributed by atoms with Gasteiger partial charge in [-0.3, -0.25) is 9.36 Å². The Hall–Kier alpha value is -2.55. The quantitative estimate of drug-likeness (QED) is 0.525. The summed E-state index contributed by atoms with van der Waals surface area (Å²) in [6.07, 6.45) is 0. The van der Waals surface area contributed by atoms with Crippen LogP contribution < -0.4 is 4.74 Å². The van der Waals surface area contributed by atoms with Gasteiger partial charge in [0.25, 0.3) is 5.91 Å². The van der Waals surface area contributed by atoms with Crippen LogP contribution in [0.15, 0.2) is 42.5 Å². The number of ether oxygens (including phenoxy) is 1. The van der Waals surface area contributed by atoms with E-state index in [9.17, 15) is 4.79 Å². The van der Waals surface area contributed by atoms with Gasteiger partial charge in [-0.25, -0.2) is 0 Å². The summed E-state index contributed by atoms with van der Waals surface area (Å²) in [6, 6.07) is 13.6. The second-order valence-electron chi connectivity index (χ2n) is 5.04. The molecular formula is C17H13NO2. The normalized spacial score (nSPS) is 12.6. The number of rotatable bonds is 1. The van der Waals surface area contributed by atoms with Gasteiger partial charge >= 0.3 is 0 Å². The largest absolute Gasteiger partial charge is 0.497 e. The third-order valence-electron chi connectivity index (χ3n) is 4.04. The van der Waals surface area contributed by atoms with Gasteiger partial charge < -0.3 is 4.74 Å². The van der Waals surface area contributed by atoms with Crippen molar-refractivity contribution in [3.63, 3.8) is 0 Å². The maximum absolute atomic E-state index is 12.6. The van der Waals surface area contributed by atoms with Crippen LogP contribution in [0.3, 0.4) is 0 Å². The van der Waals surface area contributed by atoms with Crippen molar-refractivity contribution in [3.8, 4) is 17.0 Å². The van der Waals surface area contributed by atoms with Crippen LogP contribution in [0.5, 0.6) is 5.75 Å². The van der Waals surface area contributed by atoms with E-state index in [-0.39, 0.29) is 5.91 Å². The van der Waals surface area contributed by atoms with Crippen molar-refractivity contribution in [2.75, 3.05) is 7.11 Å². The van der Waals surface area contributed by atoms with E-state index in [0.717, 1.165) is 39.0 Å². The van der Waals surface area contributed by atoms with Crippen molar-refractivity contribution >= 4 is 16.8 Å². The zero-order valence-electron chi connectivity index (χ0n) is 11.3. The standard InChI is InChI=1S/C17H13NO2/c1-10-14-9-11(20-2)7-8-15(14)18-16(10)12-5-3-4-6-13(12)17(18)19/h3-9H,1-2H3. The lowest BCUT2D eigenvalue weighted by molar-refractivity contribution is 0.0973. The molecule has 3 aromatic rings. The second kappa shape index (κ2) is 3.73. The number of hydrogen-bond donors (Lipinski definition) is 0. The van der Waals surface area contributed by atoms with Gasteiger partial charge in [0.15, 0.2) is 0 Å². The summed E-state index contributed by atoms with van der Waals surface area (Å²) >= 11 is 0. The molecule has 0 bridgehead atoms. The number of aryl methyl sites for hydroxylation is 1. The van der Waals surface area contributed by atoms with Crippen molar-refractivity contribution in [1.82, 2.24) is 4.57 Å². The van der Waals surface area contributed by atoms with Gasteiger partial charge in [0, 0.05) is 16.5 Å². The van der Waals surface area contributed by atoms with E-state index in [1.165, 1.54) is 0 Å². The summed E-state index contributed by atoms with van der Waals surface area (Å²) in [7, 11) is 1.65. The molecule has 1 aliphatic rings. The molecule has 0 fully saturated rings. The molecule has 0 aliphatic carbocycles. The van der Waals surface area contributed by atoms with E-state index in [2.05, 4.69) is 6.92 Å². The van der Waals surface area contributed by atoms with Gasteiger partial charge in [-0.15, -0.1) is 0 Å². The Morgan fingerprint density at radius 3 is 2.55 bits per heavy atom. The molecule has 0 atom stereocenters. The highest BCUT2D eigenvalue weighted by Crippen LogP contribution is 2.41. The average Bonchev–Trinajstić information content (AvgIpc) is 2.95. The highest BCUT2D eigenvalue weighted by molar-refractivity contribution is 6.15. The highest BCUT2D eigenvalue weighted by atomic mass is 16.5. The Kier molecular flexibility index (Phi) is 2.11. The summed E-state index contributed by atoms with van der Waals surface area (Å²) < 4.78 is 7.09. The van der Waals surface area contributed by atoms with Gasteiger partial charge in [0.1, 0.15) is 5.75 Å². The Balaban J connectivity index is 2.15. The Bertz CT molecular complexity index is 874. The zero-order valence-corrected chi connectivity index (χ0v) is 11.3. The number of benzene rings is 2. The van der Waals surface area contributed by atoms with Crippen LogP contribution in [0, 0.1) is 6.92 Å². The number of aromatic nitrogens is 1. The van der Waals surface area contributed by atoms with E-state index >= 15 is 0 Å². The highest BCUT2D eigenvalue weighted by Gasteiger charge is 2.30.